The van der Waals surface area contributed by atoms with Gasteiger partial charge in [-0.1, -0.05) is 158 Å². The Bertz CT molecular complexity index is 285. The summed E-state index contributed by atoms with van der Waals surface area (Å²) in [5.74, 6) is 0. The van der Waals surface area contributed by atoms with E-state index in [0.717, 1.165) is 0 Å². The monoisotopic (exact) mass is 541 g/mol. The van der Waals surface area contributed by atoms with Crippen molar-refractivity contribution in [2.45, 2.75) is 197 Å². The zero-order valence-electron chi connectivity index (χ0n) is 28.7. The largest absolute Gasteiger partial charge is 0.303 e. The van der Waals surface area contributed by atoms with Gasteiger partial charge in [0.25, 0.3) is 0 Å². The molecule has 0 aromatic carbocycles. The van der Waals surface area contributed by atoms with Crippen molar-refractivity contribution in [2.75, 3.05) is 39.3 Å². The molecule has 0 aliphatic carbocycles. The Morgan fingerprint density at radius 1 is 0.211 bits per heavy atom. The van der Waals surface area contributed by atoms with Crippen molar-refractivity contribution in [3.8, 4) is 0 Å². The Hall–Kier alpha value is -0.0800. The second-order valence-electron chi connectivity index (χ2n) is 11.6. The highest BCUT2D eigenvalue weighted by Gasteiger charge is 2.02. The molecule has 0 heterocycles. The zero-order chi connectivity index (χ0) is 29.0. The minimum Gasteiger partial charge on any atom is -0.303 e. The minimum atomic E-state index is 1.32. The van der Waals surface area contributed by atoms with E-state index >= 15 is 0 Å². The van der Waals surface area contributed by atoms with Crippen LogP contribution in [-0.4, -0.2) is 49.1 Å². The van der Waals surface area contributed by atoms with E-state index < -0.39 is 0 Å². The van der Waals surface area contributed by atoms with Crippen molar-refractivity contribution >= 4 is 0 Å². The summed E-state index contributed by atoms with van der Waals surface area (Å²) >= 11 is 0. The highest BCUT2D eigenvalue weighted by atomic mass is 15.1. The normalized spacial score (nSPS) is 10.9. The fourth-order valence-corrected chi connectivity index (χ4v) is 4.52. The van der Waals surface area contributed by atoms with Gasteiger partial charge in [-0.3, -0.25) is 0 Å². The van der Waals surface area contributed by atoms with Crippen LogP contribution in [-0.2, 0) is 0 Å². The molecule has 38 heavy (non-hydrogen) atoms. The van der Waals surface area contributed by atoms with Gasteiger partial charge in [-0.05, 0) is 77.8 Å². The first-order chi connectivity index (χ1) is 18.6. The summed E-state index contributed by atoms with van der Waals surface area (Å²) in [6, 6.07) is 0. The van der Waals surface area contributed by atoms with Crippen LogP contribution >= 0.6 is 0 Å². The SMILES string of the molecule is CCCCCCCCCCCC.CCCCN(CCCC)CCCC.CCCCN(CCCC)CCCC. The first-order valence-corrected chi connectivity index (χ1v) is 18.1. The van der Waals surface area contributed by atoms with Crippen LogP contribution in [0.3, 0.4) is 0 Å². The van der Waals surface area contributed by atoms with Crippen molar-refractivity contribution in [3.05, 3.63) is 0 Å². The van der Waals surface area contributed by atoms with Crippen LogP contribution in [0.5, 0.6) is 0 Å². The van der Waals surface area contributed by atoms with Gasteiger partial charge in [0, 0.05) is 0 Å². The molecule has 0 amide bonds. The highest BCUT2D eigenvalue weighted by molar-refractivity contribution is 4.58. The van der Waals surface area contributed by atoms with Crippen LogP contribution in [0.4, 0.5) is 0 Å². The van der Waals surface area contributed by atoms with Gasteiger partial charge in [0.1, 0.15) is 0 Å². The lowest BCUT2D eigenvalue weighted by Crippen LogP contribution is -2.27. The average Bonchev–Trinajstić information content (AvgIpc) is 2.94. The number of nitrogens with zero attached hydrogens (tertiary/aromatic N) is 2. The number of hydrogen-bond acceptors (Lipinski definition) is 2. The van der Waals surface area contributed by atoms with E-state index in [1.165, 1.54) is 181 Å². The Balaban J connectivity index is -0.000000484. The van der Waals surface area contributed by atoms with E-state index in [2.05, 4.69) is 65.2 Å². The molecule has 0 radical (unpaired) electrons. The molecule has 0 fully saturated rings. The van der Waals surface area contributed by atoms with Crippen molar-refractivity contribution in [1.82, 2.24) is 9.80 Å². The molecular weight excluding hydrogens is 460 g/mol. The van der Waals surface area contributed by atoms with Crippen LogP contribution in [0.1, 0.15) is 197 Å². The Morgan fingerprint density at radius 3 is 0.526 bits per heavy atom. The van der Waals surface area contributed by atoms with Gasteiger partial charge in [0.05, 0.1) is 0 Å². The van der Waals surface area contributed by atoms with E-state index in [1.54, 1.807) is 0 Å². The molecule has 0 bridgehead atoms. The third-order valence-corrected chi connectivity index (χ3v) is 7.42. The molecule has 0 atom stereocenters. The zero-order valence-corrected chi connectivity index (χ0v) is 28.7. The van der Waals surface area contributed by atoms with Gasteiger partial charge in [0.2, 0.25) is 0 Å². The fraction of sp³-hybridized carbons (Fsp3) is 1.00. The second kappa shape index (κ2) is 41.4. The molecule has 0 N–H and O–H groups in total. The fourth-order valence-electron chi connectivity index (χ4n) is 4.52. The van der Waals surface area contributed by atoms with Crippen LogP contribution in [0, 0.1) is 0 Å². The number of unbranched alkanes of at least 4 members (excludes halogenated alkanes) is 15. The van der Waals surface area contributed by atoms with E-state index in [-0.39, 0.29) is 0 Å². The van der Waals surface area contributed by atoms with Crippen molar-refractivity contribution < 1.29 is 0 Å². The first-order valence-electron chi connectivity index (χ1n) is 18.1. The van der Waals surface area contributed by atoms with E-state index in [1.807, 2.05) is 0 Å². The molecule has 0 aliphatic rings. The van der Waals surface area contributed by atoms with Crippen LogP contribution in [0.15, 0.2) is 0 Å². The standard InChI is InChI=1S/2C12H27N.C12H26/c2*1-4-7-10-13(11-8-5-2)12-9-6-3;1-3-5-7-9-11-12-10-8-6-4-2/h2*4-12H2,1-3H3;3-12H2,1-2H3. The molecule has 0 rings (SSSR count). The van der Waals surface area contributed by atoms with Gasteiger partial charge in [-0.2, -0.15) is 0 Å². The van der Waals surface area contributed by atoms with Gasteiger partial charge in [0.15, 0.2) is 0 Å². The molecule has 0 saturated heterocycles. The van der Waals surface area contributed by atoms with Crippen molar-refractivity contribution in [1.29, 1.82) is 0 Å². The van der Waals surface area contributed by atoms with Gasteiger partial charge < -0.3 is 9.80 Å². The molecule has 234 valence electrons. The predicted octanol–water partition coefficient (Wildman–Crippen LogP) is 12.3. The molecule has 0 aliphatic heterocycles. The highest BCUT2D eigenvalue weighted by Crippen LogP contribution is 2.10. The topological polar surface area (TPSA) is 6.48 Å². The van der Waals surface area contributed by atoms with Crippen molar-refractivity contribution in [3.63, 3.8) is 0 Å². The number of hydrogen-bond donors (Lipinski definition) is 0. The summed E-state index contributed by atoms with van der Waals surface area (Å²) in [7, 11) is 0. The molecule has 0 saturated carbocycles. The predicted molar refractivity (Wildman–Crippen MR) is 180 cm³/mol. The molecule has 0 spiro atoms. The summed E-state index contributed by atoms with van der Waals surface area (Å²) in [4.78, 5) is 5.27. The maximum atomic E-state index is 2.64. The lowest BCUT2D eigenvalue weighted by molar-refractivity contribution is 0.261. The minimum absolute atomic E-state index is 1.32. The molecule has 0 unspecified atom stereocenters. The van der Waals surface area contributed by atoms with Crippen molar-refractivity contribution in [2.24, 2.45) is 0 Å². The molecule has 2 heteroatoms. The number of rotatable bonds is 27. The summed E-state index contributed by atoms with van der Waals surface area (Å²) in [5, 5.41) is 0. The molecular formula is C36H80N2. The van der Waals surface area contributed by atoms with E-state index in [4.69, 9.17) is 0 Å². The first kappa shape index (κ1) is 42.4. The second-order valence-corrected chi connectivity index (χ2v) is 11.6. The lowest BCUT2D eigenvalue weighted by Gasteiger charge is -2.21. The van der Waals surface area contributed by atoms with Gasteiger partial charge >= 0.3 is 0 Å². The Kier molecular flexibility index (Phi) is 46.2. The summed E-state index contributed by atoms with van der Waals surface area (Å²) in [5.41, 5.74) is 0. The quantitative estimate of drug-likeness (QED) is 0.0956. The van der Waals surface area contributed by atoms with E-state index in [9.17, 15) is 0 Å². The van der Waals surface area contributed by atoms with Crippen LogP contribution in [0.2, 0.25) is 0 Å². The summed E-state index contributed by atoms with van der Waals surface area (Å²) in [6.45, 7) is 26.1. The third kappa shape index (κ3) is 40.4. The molecule has 0 aromatic rings. The van der Waals surface area contributed by atoms with Gasteiger partial charge in [-0.15, -0.1) is 0 Å². The maximum Gasteiger partial charge on any atom is -0.00188 e. The summed E-state index contributed by atoms with van der Waals surface area (Å²) < 4.78 is 0. The van der Waals surface area contributed by atoms with Gasteiger partial charge in [-0.25, -0.2) is 0 Å². The van der Waals surface area contributed by atoms with Crippen LogP contribution < -0.4 is 0 Å². The molecule has 0 aromatic heterocycles. The smallest absolute Gasteiger partial charge is 0.00188 e. The lowest BCUT2D eigenvalue weighted by atomic mass is 10.1. The third-order valence-electron chi connectivity index (χ3n) is 7.42. The molecule has 2 nitrogen and oxygen atoms in total. The Labute approximate surface area is 245 Å². The summed E-state index contributed by atoms with van der Waals surface area (Å²) in [6.07, 6.45) is 30.6. The maximum absolute atomic E-state index is 2.64. The Morgan fingerprint density at radius 2 is 0.368 bits per heavy atom. The van der Waals surface area contributed by atoms with E-state index in [0.29, 0.717) is 0 Å². The average molecular weight is 541 g/mol. The van der Waals surface area contributed by atoms with Crippen LogP contribution in [0.25, 0.3) is 0 Å².